The molecular weight excluding hydrogens is 262 g/mol. The number of aryl methyl sites for hydroxylation is 1. The van der Waals surface area contributed by atoms with Gasteiger partial charge in [-0.25, -0.2) is 0 Å². The van der Waals surface area contributed by atoms with Crippen molar-refractivity contribution < 1.29 is 4.74 Å². The van der Waals surface area contributed by atoms with E-state index in [1.807, 2.05) is 13.8 Å². The molecule has 6 nitrogen and oxygen atoms in total. The van der Waals surface area contributed by atoms with Crippen LogP contribution >= 0.6 is 11.3 Å². The van der Waals surface area contributed by atoms with E-state index in [2.05, 4.69) is 38.0 Å². The predicted molar refractivity (Wildman–Crippen MR) is 76.4 cm³/mol. The van der Waals surface area contributed by atoms with Crippen LogP contribution in [0.2, 0.25) is 0 Å². The highest BCUT2D eigenvalue weighted by atomic mass is 32.1. The molecule has 2 rings (SSSR count). The van der Waals surface area contributed by atoms with E-state index < -0.39 is 0 Å². The molecule has 0 atom stereocenters. The van der Waals surface area contributed by atoms with E-state index in [1.165, 1.54) is 11.1 Å². The maximum atomic E-state index is 5.63. The zero-order valence-electron chi connectivity index (χ0n) is 11.2. The molecule has 0 bridgehead atoms. The average Bonchev–Trinajstić information content (AvgIpc) is 2.70. The minimum Gasteiger partial charge on any atom is -0.461 e. The lowest BCUT2D eigenvalue weighted by Gasteiger charge is -2.10. The van der Waals surface area contributed by atoms with Gasteiger partial charge in [0.25, 0.3) is 0 Å². The first-order valence-electron chi connectivity index (χ1n) is 5.98. The summed E-state index contributed by atoms with van der Waals surface area (Å²) < 4.78 is 5.42. The number of anilines is 2. The molecule has 0 aromatic carbocycles. The van der Waals surface area contributed by atoms with Crippen molar-refractivity contribution in [2.75, 3.05) is 11.1 Å². The van der Waals surface area contributed by atoms with Crippen molar-refractivity contribution in [3.8, 4) is 6.01 Å². The van der Waals surface area contributed by atoms with Crippen LogP contribution in [0, 0.1) is 6.92 Å². The Kier molecular flexibility index (Phi) is 4.16. The van der Waals surface area contributed by atoms with Crippen molar-refractivity contribution in [3.63, 3.8) is 0 Å². The molecule has 102 valence electrons. The Labute approximate surface area is 116 Å². The summed E-state index contributed by atoms with van der Waals surface area (Å²) in [4.78, 5) is 12.1. The molecule has 0 aliphatic carbocycles. The SMILES string of the molecule is Cc1cscc1CNc1nc(N)nc(OC(C)C)n1. The van der Waals surface area contributed by atoms with Crippen molar-refractivity contribution in [2.24, 2.45) is 0 Å². The van der Waals surface area contributed by atoms with Gasteiger partial charge in [-0.15, -0.1) is 0 Å². The zero-order valence-corrected chi connectivity index (χ0v) is 12.0. The van der Waals surface area contributed by atoms with Crippen LogP contribution in [0.4, 0.5) is 11.9 Å². The Morgan fingerprint density at radius 1 is 1.32 bits per heavy atom. The van der Waals surface area contributed by atoms with Gasteiger partial charge >= 0.3 is 6.01 Å². The second-order valence-corrected chi connectivity index (χ2v) is 5.14. The van der Waals surface area contributed by atoms with Crippen LogP contribution < -0.4 is 15.8 Å². The standard InChI is InChI=1S/C12H17N5OS/c1-7(2)18-12-16-10(13)15-11(17-12)14-4-9-6-19-5-8(9)3/h5-7H,4H2,1-3H3,(H3,13,14,15,16,17). The molecule has 0 amide bonds. The van der Waals surface area contributed by atoms with Gasteiger partial charge in [0.05, 0.1) is 6.10 Å². The number of nitrogens with two attached hydrogens (primary N) is 1. The third-order valence-corrected chi connectivity index (χ3v) is 3.28. The smallest absolute Gasteiger partial charge is 0.323 e. The molecule has 0 unspecified atom stereocenters. The Morgan fingerprint density at radius 3 is 2.74 bits per heavy atom. The maximum Gasteiger partial charge on any atom is 0.323 e. The third-order valence-electron chi connectivity index (χ3n) is 2.37. The topological polar surface area (TPSA) is 86.0 Å². The van der Waals surface area contributed by atoms with Gasteiger partial charge in [0.2, 0.25) is 11.9 Å². The van der Waals surface area contributed by atoms with E-state index in [1.54, 1.807) is 11.3 Å². The Morgan fingerprint density at radius 2 is 2.11 bits per heavy atom. The summed E-state index contributed by atoms with van der Waals surface area (Å²) in [6.07, 6.45) is -0.00577. The van der Waals surface area contributed by atoms with E-state index in [4.69, 9.17) is 10.5 Å². The normalized spacial score (nSPS) is 10.7. The number of aromatic nitrogens is 3. The third kappa shape index (κ3) is 3.78. The number of nitrogens with zero attached hydrogens (tertiary/aromatic N) is 3. The molecule has 0 saturated carbocycles. The molecule has 7 heteroatoms. The molecule has 0 aliphatic rings. The fourth-order valence-corrected chi connectivity index (χ4v) is 2.31. The molecule has 0 spiro atoms. The largest absolute Gasteiger partial charge is 0.461 e. The molecule has 2 aromatic heterocycles. The summed E-state index contributed by atoms with van der Waals surface area (Å²) in [5.41, 5.74) is 8.10. The van der Waals surface area contributed by atoms with Crippen LogP contribution in [0.25, 0.3) is 0 Å². The summed E-state index contributed by atoms with van der Waals surface area (Å²) in [7, 11) is 0. The highest BCUT2D eigenvalue weighted by Crippen LogP contribution is 2.16. The van der Waals surface area contributed by atoms with Gasteiger partial charge in [-0.2, -0.15) is 26.3 Å². The van der Waals surface area contributed by atoms with Gasteiger partial charge in [-0.1, -0.05) is 0 Å². The van der Waals surface area contributed by atoms with Crippen LogP contribution in [-0.2, 0) is 6.54 Å². The van der Waals surface area contributed by atoms with Gasteiger partial charge in [0, 0.05) is 6.54 Å². The quantitative estimate of drug-likeness (QED) is 0.872. The summed E-state index contributed by atoms with van der Waals surface area (Å²) in [6.45, 7) is 6.53. The summed E-state index contributed by atoms with van der Waals surface area (Å²) in [5.74, 6) is 0.573. The highest BCUT2D eigenvalue weighted by Gasteiger charge is 2.07. The van der Waals surface area contributed by atoms with Crippen LogP contribution in [0.3, 0.4) is 0 Å². The zero-order chi connectivity index (χ0) is 13.8. The molecule has 3 N–H and O–H groups in total. The maximum absolute atomic E-state index is 5.63. The molecule has 19 heavy (non-hydrogen) atoms. The second-order valence-electron chi connectivity index (χ2n) is 4.40. The molecule has 0 saturated heterocycles. The summed E-state index contributed by atoms with van der Waals surface area (Å²) >= 11 is 1.67. The lowest BCUT2D eigenvalue weighted by atomic mass is 10.2. The van der Waals surface area contributed by atoms with E-state index in [0.717, 1.165) is 0 Å². The Bertz CT molecular complexity index is 555. The van der Waals surface area contributed by atoms with Crippen molar-refractivity contribution >= 4 is 23.2 Å². The van der Waals surface area contributed by atoms with Gasteiger partial charge < -0.3 is 15.8 Å². The second kappa shape index (κ2) is 5.83. The number of ether oxygens (including phenoxy) is 1. The van der Waals surface area contributed by atoms with E-state index in [-0.39, 0.29) is 18.1 Å². The van der Waals surface area contributed by atoms with E-state index in [0.29, 0.717) is 12.5 Å². The average molecular weight is 279 g/mol. The van der Waals surface area contributed by atoms with Gasteiger partial charge in [0.15, 0.2) is 0 Å². The fraction of sp³-hybridized carbons (Fsp3) is 0.417. The first kappa shape index (κ1) is 13.5. The monoisotopic (exact) mass is 279 g/mol. The first-order chi connectivity index (χ1) is 9.04. The molecule has 0 radical (unpaired) electrons. The van der Waals surface area contributed by atoms with Crippen LogP contribution in [-0.4, -0.2) is 21.1 Å². The van der Waals surface area contributed by atoms with E-state index in [9.17, 15) is 0 Å². The van der Waals surface area contributed by atoms with Crippen molar-refractivity contribution in [3.05, 3.63) is 21.9 Å². The van der Waals surface area contributed by atoms with Gasteiger partial charge in [-0.3, -0.25) is 0 Å². The van der Waals surface area contributed by atoms with Crippen molar-refractivity contribution in [1.82, 2.24) is 15.0 Å². The van der Waals surface area contributed by atoms with Gasteiger partial charge in [0.1, 0.15) is 0 Å². The number of hydrogen-bond donors (Lipinski definition) is 2. The van der Waals surface area contributed by atoms with Crippen molar-refractivity contribution in [2.45, 2.75) is 33.4 Å². The molecular formula is C12H17N5OS. The number of thiophene rings is 1. The minimum absolute atomic E-state index is 0.00577. The first-order valence-corrected chi connectivity index (χ1v) is 6.92. The van der Waals surface area contributed by atoms with Crippen LogP contribution in [0.1, 0.15) is 25.0 Å². The number of hydrogen-bond acceptors (Lipinski definition) is 7. The number of rotatable bonds is 5. The number of nitrogens with one attached hydrogen (secondary N) is 1. The Hall–Kier alpha value is -1.89. The minimum atomic E-state index is -0.00577. The van der Waals surface area contributed by atoms with Gasteiger partial charge in [-0.05, 0) is 42.7 Å². The fourth-order valence-electron chi connectivity index (χ4n) is 1.46. The predicted octanol–water partition coefficient (Wildman–Crippen LogP) is 2.22. The molecule has 2 heterocycles. The molecule has 0 aliphatic heterocycles. The van der Waals surface area contributed by atoms with Crippen molar-refractivity contribution in [1.29, 1.82) is 0 Å². The molecule has 2 aromatic rings. The lowest BCUT2D eigenvalue weighted by Crippen LogP contribution is -2.13. The van der Waals surface area contributed by atoms with E-state index >= 15 is 0 Å². The highest BCUT2D eigenvalue weighted by molar-refractivity contribution is 7.08. The number of nitrogen functional groups attached to an aromatic ring is 1. The summed E-state index contributed by atoms with van der Waals surface area (Å²) in [5, 5.41) is 7.33. The van der Waals surface area contributed by atoms with Crippen LogP contribution in [0.5, 0.6) is 6.01 Å². The van der Waals surface area contributed by atoms with Crippen LogP contribution in [0.15, 0.2) is 10.8 Å². The lowest BCUT2D eigenvalue weighted by molar-refractivity contribution is 0.222. The molecule has 0 fully saturated rings. The summed E-state index contributed by atoms with van der Waals surface area (Å²) in [6, 6.07) is 0.243. The Balaban J connectivity index is 2.07.